The van der Waals surface area contributed by atoms with Crippen molar-refractivity contribution in [1.82, 2.24) is 18.9 Å². The van der Waals surface area contributed by atoms with Gasteiger partial charge >= 0.3 is 5.97 Å². The quantitative estimate of drug-likeness (QED) is 0.267. The first-order valence-corrected chi connectivity index (χ1v) is 11.8. The molecular formula is C27H28N4O2. The summed E-state index contributed by atoms with van der Waals surface area (Å²) in [6.07, 6.45) is 6.97. The molecule has 3 heterocycles. The van der Waals surface area contributed by atoms with E-state index in [4.69, 9.17) is 14.7 Å². The smallest absolute Gasteiger partial charge is 0.311 e. The standard InChI is InChI=1S/C27H28N4O2/c1-3-5-16-23-29-26-25(27-28-20-14-10-11-15-21(20)31(23)27)22(33-24(32)17-6-4-2)18-30(26)19-12-8-7-9-13-19/h7-15,18H,3-6,16-17H2,1-2H3. The number of nitrogens with zero attached hydrogens (tertiary/aromatic N) is 4. The molecule has 0 amide bonds. The Bertz CT molecular complexity index is 1430. The van der Waals surface area contributed by atoms with Gasteiger partial charge in [0.25, 0.3) is 0 Å². The van der Waals surface area contributed by atoms with Crippen molar-refractivity contribution >= 4 is 33.7 Å². The van der Waals surface area contributed by atoms with Gasteiger partial charge in [0.05, 0.1) is 17.2 Å². The Kier molecular flexibility index (Phi) is 5.82. The van der Waals surface area contributed by atoms with Crippen LogP contribution in [0.15, 0.2) is 60.8 Å². The zero-order chi connectivity index (χ0) is 22.8. The molecule has 33 heavy (non-hydrogen) atoms. The van der Waals surface area contributed by atoms with Crippen molar-refractivity contribution in [3.8, 4) is 11.4 Å². The third-order valence-corrected chi connectivity index (χ3v) is 5.97. The SMILES string of the molecule is CCCCC(=O)Oc1cn(-c2ccccc2)c2nc(CCCC)n3c4ccccc4nc3c12. The molecule has 0 N–H and O–H groups in total. The van der Waals surface area contributed by atoms with Crippen molar-refractivity contribution < 1.29 is 9.53 Å². The first-order valence-electron chi connectivity index (χ1n) is 11.8. The number of benzene rings is 2. The highest BCUT2D eigenvalue weighted by Gasteiger charge is 2.22. The van der Waals surface area contributed by atoms with Gasteiger partial charge in [0.15, 0.2) is 17.0 Å². The van der Waals surface area contributed by atoms with Crippen LogP contribution in [0.3, 0.4) is 0 Å². The molecule has 3 aromatic heterocycles. The van der Waals surface area contributed by atoms with E-state index in [1.54, 1.807) is 0 Å². The number of aromatic nitrogens is 4. The molecule has 0 bridgehead atoms. The number of unbranched alkanes of at least 4 members (excludes halogenated alkanes) is 2. The average molecular weight is 441 g/mol. The molecule has 0 fully saturated rings. The number of para-hydroxylation sites is 3. The summed E-state index contributed by atoms with van der Waals surface area (Å²) in [6, 6.07) is 18.1. The molecule has 5 aromatic rings. The van der Waals surface area contributed by atoms with E-state index in [0.717, 1.165) is 71.3 Å². The Hall–Kier alpha value is -3.67. The van der Waals surface area contributed by atoms with Crippen LogP contribution in [0.2, 0.25) is 0 Å². The molecule has 0 unspecified atom stereocenters. The summed E-state index contributed by atoms with van der Waals surface area (Å²) in [6.45, 7) is 4.25. The van der Waals surface area contributed by atoms with Gasteiger partial charge in [-0.25, -0.2) is 9.97 Å². The highest BCUT2D eigenvalue weighted by molar-refractivity contribution is 6.01. The number of hydrogen-bond donors (Lipinski definition) is 0. The van der Waals surface area contributed by atoms with Gasteiger partial charge in [-0.05, 0) is 37.1 Å². The third kappa shape index (κ3) is 3.86. The number of aryl methyl sites for hydroxylation is 1. The van der Waals surface area contributed by atoms with Gasteiger partial charge in [0, 0.05) is 18.5 Å². The van der Waals surface area contributed by atoms with Gasteiger partial charge in [0.1, 0.15) is 11.2 Å². The molecule has 0 atom stereocenters. The number of hydrogen-bond acceptors (Lipinski definition) is 4. The minimum Gasteiger partial charge on any atom is -0.424 e. The number of carbonyl (C=O) groups is 1. The summed E-state index contributed by atoms with van der Waals surface area (Å²) in [5.74, 6) is 1.24. The number of fused-ring (bicyclic) bond motifs is 5. The maximum atomic E-state index is 12.6. The van der Waals surface area contributed by atoms with Crippen LogP contribution >= 0.6 is 0 Å². The molecule has 0 aliphatic rings. The number of rotatable bonds is 8. The summed E-state index contributed by atoms with van der Waals surface area (Å²) in [4.78, 5) is 22.7. The summed E-state index contributed by atoms with van der Waals surface area (Å²) in [7, 11) is 0. The molecule has 0 spiro atoms. The maximum Gasteiger partial charge on any atom is 0.311 e. The second-order valence-corrected chi connectivity index (χ2v) is 8.37. The second-order valence-electron chi connectivity index (χ2n) is 8.37. The third-order valence-electron chi connectivity index (χ3n) is 5.97. The lowest BCUT2D eigenvalue weighted by Gasteiger charge is -2.09. The lowest BCUT2D eigenvalue weighted by Crippen LogP contribution is -2.07. The van der Waals surface area contributed by atoms with E-state index in [2.05, 4.69) is 24.3 Å². The van der Waals surface area contributed by atoms with Crippen molar-refractivity contribution in [2.24, 2.45) is 0 Å². The highest BCUT2D eigenvalue weighted by atomic mass is 16.5. The van der Waals surface area contributed by atoms with E-state index in [9.17, 15) is 4.79 Å². The lowest BCUT2D eigenvalue weighted by molar-refractivity contribution is -0.134. The van der Waals surface area contributed by atoms with Crippen molar-refractivity contribution in [1.29, 1.82) is 0 Å². The maximum absolute atomic E-state index is 12.6. The molecule has 2 aromatic carbocycles. The zero-order valence-electron chi connectivity index (χ0n) is 19.1. The van der Waals surface area contributed by atoms with Gasteiger partial charge < -0.3 is 4.74 Å². The Morgan fingerprint density at radius 3 is 2.45 bits per heavy atom. The Labute approximate surface area is 192 Å². The Balaban J connectivity index is 1.81. The van der Waals surface area contributed by atoms with Crippen LogP contribution in [0.5, 0.6) is 5.75 Å². The first kappa shape index (κ1) is 21.2. The van der Waals surface area contributed by atoms with Crippen molar-refractivity contribution in [3.05, 3.63) is 66.6 Å². The van der Waals surface area contributed by atoms with Gasteiger partial charge in [0.2, 0.25) is 0 Å². The number of ether oxygens (including phenoxy) is 1. The van der Waals surface area contributed by atoms with E-state index >= 15 is 0 Å². The van der Waals surface area contributed by atoms with E-state index in [0.29, 0.717) is 12.2 Å². The zero-order valence-corrected chi connectivity index (χ0v) is 19.1. The van der Waals surface area contributed by atoms with E-state index in [1.807, 2.05) is 59.3 Å². The number of imidazole rings is 1. The van der Waals surface area contributed by atoms with Crippen LogP contribution in [0.1, 0.15) is 51.8 Å². The largest absolute Gasteiger partial charge is 0.424 e. The molecule has 0 saturated carbocycles. The Morgan fingerprint density at radius 1 is 0.909 bits per heavy atom. The van der Waals surface area contributed by atoms with E-state index < -0.39 is 0 Å². The van der Waals surface area contributed by atoms with Crippen LogP contribution in [0, 0.1) is 0 Å². The van der Waals surface area contributed by atoms with Gasteiger partial charge in [-0.2, -0.15) is 0 Å². The van der Waals surface area contributed by atoms with Gasteiger partial charge in [-0.15, -0.1) is 0 Å². The molecular weight excluding hydrogens is 412 g/mol. The molecule has 6 nitrogen and oxygen atoms in total. The average Bonchev–Trinajstić information content (AvgIpc) is 3.40. The molecule has 6 heteroatoms. The lowest BCUT2D eigenvalue weighted by atomic mass is 10.2. The molecule has 0 radical (unpaired) electrons. The fourth-order valence-electron chi connectivity index (χ4n) is 4.28. The summed E-state index contributed by atoms with van der Waals surface area (Å²) in [5.41, 5.74) is 4.42. The predicted octanol–water partition coefficient (Wildman–Crippen LogP) is 6.26. The first-order chi connectivity index (χ1) is 16.2. The topological polar surface area (TPSA) is 61.4 Å². The van der Waals surface area contributed by atoms with Crippen molar-refractivity contribution in [2.45, 2.75) is 52.4 Å². The van der Waals surface area contributed by atoms with Crippen LogP contribution in [0.4, 0.5) is 0 Å². The van der Waals surface area contributed by atoms with Crippen LogP contribution in [0.25, 0.3) is 33.4 Å². The molecule has 168 valence electrons. The molecule has 0 aliphatic heterocycles. The Morgan fingerprint density at radius 2 is 1.67 bits per heavy atom. The van der Waals surface area contributed by atoms with Gasteiger partial charge in [-0.3, -0.25) is 13.8 Å². The van der Waals surface area contributed by atoms with Gasteiger partial charge in [-0.1, -0.05) is 57.0 Å². The molecule has 5 rings (SSSR count). The highest BCUT2D eigenvalue weighted by Crippen LogP contribution is 2.35. The van der Waals surface area contributed by atoms with E-state index in [1.165, 1.54) is 0 Å². The number of esters is 1. The van der Waals surface area contributed by atoms with Crippen LogP contribution in [-0.2, 0) is 11.2 Å². The minimum absolute atomic E-state index is 0.228. The summed E-state index contributed by atoms with van der Waals surface area (Å²) >= 11 is 0. The van der Waals surface area contributed by atoms with Crippen molar-refractivity contribution in [3.63, 3.8) is 0 Å². The normalized spacial score (nSPS) is 11.6. The fourth-order valence-corrected chi connectivity index (χ4v) is 4.28. The second kappa shape index (κ2) is 9.06. The fraction of sp³-hybridized carbons (Fsp3) is 0.296. The summed E-state index contributed by atoms with van der Waals surface area (Å²) in [5, 5.41) is 0.764. The summed E-state index contributed by atoms with van der Waals surface area (Å²) < 4.78 is 10.0. The number of carbonyl (C=O) groups excluding carboxylic acids is 1. The minimum atomic E-state index is -0.228. The molecule has 0 aliphatic carbocycles. The monoisotopic (exact) mass is 440 g/mol. The van der Waals surface area contributed by atoms with Crippen molar-refractivity contribution in [2.75, 3.05) is 0 Å². The molecule has 0 saturated heterocycles. The van der Waals surface area contributed by atoms with E-state index in [-0.39, 0.29) is 5.97 Å². The van der Waals surface area contributed by atoms with Crippen LogP contribution < -0.4 is 4.74 Å². The van der Waals surface area contributed by atoms with Crippen LogP contribution in [-0.4, -0.2) is 24.9 Å². The predicted molar refractivity (Wildman–Crippen MR) is 131 cm³/mol.